The first-order valence-electron chi connectivity index (χ1n) is 10.2. The Bertz CT molecular complexity index is 494. The predicted octanol–water partition coefficient (Wildman–Crippen LogP) is 4.67. The van der Waals surface area contributed by atoms with E-state index in [0.717, 1.165) is 30.1 Å². The van der Waals surface area contributed by atoms with E-state index in [1.807, 2.05) is 0 Å². The molecule has 0 aromatic rings. The first kappa shape index (κ1) is 14.8. The van der Waals surface area contributed by atoms with Crippen LogP contribution in [0.3, 0.4) is 0 Å². The summed E-state index contributed by atoms with van der Waals surface area (Å²) in [6.45, 7) is 7.03. The Hall–Kier alpha value is -0.530. The van der Waals surface area contributed by atoms with Gasteiger partial charge in [0, 0.05) is 0 Å². The van der Waals surface area contributed by atoms with Crippen molar-refractivity contribution in [2.24, 2.45) is 53.3 Å². The second kappa shape index (κ2) is 4.76. The van der Waals surface area contributed by atoms with Gasteiger partial charge in [-0.15, -0.1) is 0 Å². The molecule has 0 aliphatic heterocycles. The van der Waals surface area contributed by atoms with Crippen molar-refractivity contribution >= 4 is 5.97 Å². The Morgan fingerprint density at radius 1 is 0.870 bits per heavy atom. The molecule has 6 aliphatic carbocycles. The van der Waals surface area contributed by atoms with Crippen LogP contribution >= 0.6 is 0 Å². The van der Waals surface area contributed by atoms with E-state index in [1.54, 1.807) is 0 Å². The number of esters is 1. The molecule has 0 heterocycles. The molecule has 0 spiro atoms. The molecule has 6 rings (SSSR count). The zero-order valence-corrected chi connectivity index (χ0v) is 15.0. The van der Waals surface area contributed by atoms with E-state index >= 15 is 0 Å². The van der Waals surface area contributed by atoms with Gasteiger partial charge in [0.15, 0.2) is 0 Å². The fourth-order valence-corrected chi connectivity index (χ4v) is 7.79. The fraction of sp³-hybridized carbons (Fsp3) is 0.952. The monoisotopic (exact) mass is 316 g/mol. The van der Waals surface area contributed by atoms with Crippen LogP contribution in [0.15, 0.2) is 0 Å². The summed E-state index contributed by atoms with van der Waals surface area (Å²) in [5.74, 6) is 6.45. The van der Waals surface area contributed by atoms with Crippen LogP contribution in [-0.2, 0) is 9.53 Å². The van der Waals surface area contributed by atoms with Gasteiger partial charge < -0.3 is 4.74 Å². The molecule has 6 saturated carbocycles. The van der Waals surface area contributed by atoms with Crippen molar-refractivity contribution in [3.8, 4) is 0 Å². The number of ether oxygens (including phenoxy) is 1. The minimum atomic E-state index is -0.138. The second-order valence-corrected chi connectivity index (χ2v) is 10.1. The molecule has 2 nitrogen and oxygen atoms in total. The van der Waals surface area contributed by atoms with Gasteiger partial charge in [-0.05, 0) is 99.2 Å². The minimum absolute atomic E-state index is 0.138. The molecule has 0 N–H and O–H groups in total. The summed E-state index contributed by atoms with van der Waals surface area (Å²) in [7, 11) is 0. The number of carbonyl (C=O) groups is 1. The van der Waals surface area contributed by atoms with Gasteiger partial charge in [0.05, 0.1) is 5.92 Å². The standard InChI is InChI=1S/C21H32O2/c1-11-12(2)18-9-15(11)10-19(18)20(22)23-21(3)16-5-13-4-14(7-16)8-17(21)6-13/h11-19H,4-10H2,1-3H3. The number of rotatable bonds is 2. The fourth-order valence-electron chi connectivity index (χ4n) is 7.79. The van der Waals surface area contributed by atoms with Crippen LogP contribution in [0.4, 0.5) is 0 Å². The van der Waals surface area contributed by atoms with E-state index in [2.05, 4.69) is 20.8 Å². The normalized spacial score (nSPS) is 59.5. The van der Waals surface area contributed by atoms with Gasteiger partial charge in [0.1, 0.15) is 5.60 Å². The molecular weight excluding hydrogens is 284 g/mol. The average Bonchev–Trinajstić information content (AvgIpc) is 3.05. The molecule has 0 aromatic carbocycles. The third kappa shape index (κ3) is 1.96. The van der Waals surface area contributed by atoms with Crippen molar-refractivity contribution in [2.45, 2.75) is 71.3 Å². The first-order chi connectivity index (χ1) is 11.0. The van der Waals surface area contributed by atoms with Crippen LogP contribution in [0.25, 0.3) is 0 Å². The van der Waals surface area contributed by atoms with Gasteiger partial charge in [-0.2, -0.15) is 0 Å². The van der Waals surface area contributed by atoms with Crippen molar-refractivity contribution in [1.29, 1.82) is 0 Å². The maximum atomic E-state index is 13.1. The number of carbonyl (C=O) groups excluding carboxylic acids is 1. The average molecular weight is 316 g/mol. The molecule has 0 amide bonds. The Kier molecular flexibility index (Phi) is 3.06. The molecule has 2 heteroatoms. The highest BCUT2D eigenvalue weighted by Gasteiger charge is 2.59. The molecule has 5 atom stereocenters. The molecule has 5 unspecified atom stereocenters. The van der Waals surface area contributed by atoms with Crippen LogP contribution in [-0.4, -0.2) is 11.6 Å². The number of fused-ring (bicyclic) bond motifs is 2. The van der Waals surface area contributed by atoms with Crippen LogP contribution < -0.4 is 0 Å². The maximum absolute atomic E-state index is 13.1. The highest BCUT2D eigenvalue weighted by Crippen LogP contribution is 2.60. The van der Waals surface area contributed by atoms with E-state index in [1.165, 1.54) is 38.5 Å². The summed E-state index contributed by atoms with van der Waals surface area (Å²) in [5.41, 5.74) is -0.138. The van der Waals surface area contributed by atoms with Crippen LogP contribution in [0.1, 0.15) is 65.7 Å². The van der Waals surface area contributed by atoms with Gasteiger partial charge in [-0.3, -0.25) is 4.79 Å². The van der Waals surface area contributed by atoms with Crippen molar-refractivity contribution in [2.75, 3.05) is 0 Å². The second-order valence-electron chi connectivity index (χ2n) is 10.1. The van der Waals surface area contributed by atoms with Gasteiger partial charge in [-0.1, -0.05) is 13.8 Å². The van der Waals surface area contributed by atoms with Gasteiger partial charge in [-0.25, -0.2) is 0 Å². The summed E-state index contributed by atoms with van der Waals surface area (Å²) < 4.78 is 6.40. The lowest BCUT2D eigenvalue weighted by atomic mass is 9.50. The van der Waals surface area contributed by atoms with Crippen molar-refractivity contribution in [3.63, 3.8) is 0 Å². The maximum Gasteiger partial charge on any atom is 0.309 e. The van der Waals surface area contributed by atoms with Crippen LogP contribution in [0, 0.1) is 53.3 Å². The molecule has 128 valence electrons. The van der Waals surface area contributed by atoms with E-state index in [0.29, 0.717) is 23.7 Å². The Morgan fingerprint density at radius 2 is 1.48 bits per heavy atom. The predicted molar refractivity (Wildman–Crippen MR) is 89.6 cm³/mol. The van der Waals surface area contributed by atoms with E-state index in [4.69, 9.17) is 4.74 Å². The zero-order chi connectivity index (χ0) is 15.9. The largest absolute Gasteiger partial charge is 0.459 e. The summed E-state index contributed by atoms with van der Waals surface area (Å²) in [6.07, 6.45) is 9.12. The van der Waals surface area contributed by atoms with Crippen LogP contribution in [0.2, 0.25) is 0 Å². The zero-order valence-electron chi connectivity index (χ0n) is 15.0. The molecule has 0 aromatic heterocycles. The lowest BCUT2D eigenvalue weighted by Crippen LogP contribution is -2.58. The van der Waals surface area contributed by atoms with Gasteiger partial charge in [0.25, 0.3) is 0 Å². The SMILES string of the molecule is CC1C2CC(C(=O)OC3(C)C4CC5CC(C4)CC3C5)C(C2)C1C. The lowest BCUT2D eigenvalue weighted by Gasteiger charge is -2.59. The highest BCUT2D eigenvalue weighted by atomic mass is 16.6. The Morgan fingerprint density at radius 3 is 2.00 bits per heavy atom. The Labute approximate surface area is 140 Å². The van der Waals surface area contributed by atoms with Crippen molar-refractivity contribution < 1.29 is 9.53 Å². The number of hydrogen-bond acceptors (Lipinski definition) is 2. The topological polar surface area (TPSA) is 26.3 Å². The first-order valence-corrected chi connectivity index (χ1v) is 10.2. The third-order valence-electron chi connectivity index (χ3n) is 9.28. The van der Waals surface area contributed by atoms with Crippen molar-refractivity contribution in [3.05, 3.63) is 0 Å². The summed E-state index contributed by atoms with van der Waals surface area (Å²) >= 11 is 0. The van der Waals surface area contributed by atoms with Gasteiger partial charge >= 0.3 is 5.97 Å². The van der Waals surface area contributed by atoms with Crippen LogP contribution in [0.5, 0.6) is 0 Å². The van der Waals surface area contributed by atoms with E-state index < -0.39 is 0 Å². The molecule has 0 saturated heterocycles. The third-order valence-corrected chi connectivity index (χ3v) is 9.28. The highest BCUT2D eigenvalue weighted by molar-refractivity contribution is 5.74. The molecular formula is C21H32O2. The quantitative estimate of drug-likeness (QED) is 0.692. The lowest BCUT2D eigenvalue weighted by molar-refractivity contribution is -0.209. The molecule has 6 fully saturated rings. The van der Waals surface area contributed by atoms with Gasteiger partial charge in [0.2, 0.25) is 0 Å². The van der Waals surface area contributed by atoms with E-state index in [9.17, 15) is 4.79 Å². The molecule has 23 heavy (non-hydrogen) atoms. The van der Waals surface area contributed by atoms with Crippen molar-refractivity contribution in [1.82, 2.24) is 0 Å². The summed E-state index contributed by atoms with van der Waals surface area (Å²) in [5, 5.41) is 0. The summed E-state index contributed by atoms with van der Waals surface area (Å²) in [4.78, 5) is 13.1. The minimum Gasteiger partial charge on any atom is -0.459 e. The number of hydrogen-bond donors (Lipinski definition) is 0. The molecule has 0 radical (unpaired) electrons. The van der Waals surface area contributed by atoms with E-state index in [-0.39, 0.29) is 17.5 Å². The smallest absolute Gasteiger partial charge is 0.309 e. The molecule has 6 aliphatic rings. The molecule has 6 bridgehead atoms. The summed E-state index contributed by atoms with van der Waals surface area (Å²) in [6, 6.07) is 0. The Balaban J connectivity index is 1.33.